The number of hydrogen-bond acceptors (Lipinski definition) is 3. The molecule has 0 spiro atoms. The molecule has 0 amide bonds. The third-order valence-electron chi connectivity index (χ3n) is 3.48. The highest BCUT2D eigenvalue weighted by atomic mass is 16.3. The fourth-order valence-electron chi connectivity index (χ4n) is 1.87. The van der Waals surface area contributed by atoms with Crippen LogP contribution in [-0.4, -0.2) is 35.2 Å². The number of rotatable bonds is 7. The Hall–Kier alpha value is -0.900. The van der Waals surface area contributed by atoms with Crippen LogP contribution in [0.25, 0.3) is 0 Å². The summed E-state index contributed by atoms with van der Waals surface area (Å²) in [5.74, 6) is 0.230. The van der Waals surface area contributed by atoms with Crippen molar-refractivity contribution in [3.05, 3.63) is 35.9 Å². The Morgan fingerprint density at radius 2 is 1.89 bits per heavy atom. The van der Waals surface area contributed by atoms with Crippen LogP contribution >= 0.6 is 0 Å². The Bertz CT molecular complexity index is 336. The van der Waals surface area contributed by atoms with Gasteiger partial charge in [-0.3, -0.25) is 4.90 Å². The quantitative estimate of drug-likeness (QED) is 0.776. The van der Waals surface area contributed by atoms with E-state index in [1.54, 1.807) is 0 Å². The largest absolute Gasteiger partial charge is 0.389 e. The topological polar surface area (TPSA) is 49.5 Å². The number of hydrogen-bond donors (Lipinski definition) is 2. The summed E-state index contributed by atoms with van der Waals surface area (Å²) in [5, 5.41) is 10.4. The molecule has 3 nitrogen and oxygen atoms in total. The van der Waals surface area contributed by atoms with E-state index >= 15 is 0 Å². The van der Waals surface area contributed by atoms with Crippen molar-refractivity contribution in [2.45, 2.75) is 32.9 Å². The molecule has 0 saturated carbocycles. The van der Waals surface area contributed by atoms with Crippen molar-refractivity contribution in [2.24, 2.45) is 11.7 Å². The van der Waals surface area contributed by atoms with Crippen LogP contribution in [-0.2, 0) is 6.54 Å². The summed E-state index contributed by atoms with van der Waals surface area (Å²) in [5.41, 5.74) is 6.23. The fourth-order valence-corrected chi connectivity index (χ4v) is 1.87. The van der Waals surface area contributed by atoms with Crippen molar-refractivity contribution < 1.29 is 5.11 Å². The van der Waals surface area contributed by atoms with E-state index in [4.69, 9.17) is 5.73 Å². The minimum atomic E-state index is -0.677. The summed E-state index contributed by atoms with van der Waals surface area (Å²) < 4.78 is 0. The van der Waals surface area contributed by atoms with Crippen LogP contribution in [0.2, 0.25) is 0 Å². The molecule has 0 aliphatic heterocycles. The van der Waals surface area contributed by atoms with E-state index in [-0.39, 0.29) is 5.92 Å². The van der Waals surface area contributed by atoms with Crippen molar-refractivity contribution in [1.82, 2.24) is 4.90 Å². The van der Waals surface area contributed by atoms with E-state index in [9.17, 15) is 5.11 Å². The molecule has 1 aromatic carbocycles. The average molecular weight is 250 g/mol. The molecule has 3 N–H and O–H groups in total. The molecule has 0 bridgehead atoms. The standard InChI is InChI=1S/C15H26N2O/c1-13(2)15(3,18)12-17(10-9-16)11-14-7-5-4-6-8-14/h4-8,13,18H,9-12,16H2,1-3H3. The van der Waals surface area contributed by atoms with E-state index in [0.29, 0.717) is 13.1 Å². The van der Waals surface area contributed by atoms with Crippen molar-refractivity contribution >= 4 is 0 Å². The van der Waals surface area contributed by atoms with Crippen LogP contribution in [0.15, 0.2) is 30.3 Å². The first-order valence-electron chi connectivity index (χ1n) is 6.64. The lowest BCUT2D eigenvalue weighted by atomic mass is 9.92. The van der Waals surface area contributed by atoms with E-state index in [1.807, 2.05) is 39.0 Å². The molecule has 3 heteroatoms. The summed E-state index contributed by atoms with van der Waals surface area (Å²) in [6.07, 6.45) is 0. The lowest BCUT2D eigenvalue weighted by Gasteiger charge is -2.34. The highest BCUT2D eigenvalue weighted by Gasteiger charge is 2.27. The van der Waals surface area contributed by atoms with Gasteiger partial charge in [-0.2, -0.15) is 0 Å². The highest BCUT2D eigenvalue weighted by Crippen LogP contribution is 2.18. The maximum absolute atomic E-state index is 10.4. The predicted octanol–water partition coefficient (Wildman–Crippen LogP) is 1.85. The minimum Gasteiger partial charge on any atom is -0.389 e. The van der Waals surface area contributed by atoms with Crippen LogP contribution in [0.4, 0.5) is 0 Å². The SMILES string of the molecule is CC(C)C(C)(O)CN(CCN)Cc1ccccc1. The average Bonchev–Trinajstić information content (AvgIpc) is 2.30. The summed E-state index contributed by atoms with van der Waals surface area (Å²) in [6, 6.07) is 10.3. The Morgan fingerprint density at radius 3 is 2.39 bits per heavy atom. The number of benzene rings is 1. The van der Waals surface area contributed by atoms with Gasteiger partial charge >= 0.3 is 0 Å². The van der Waals surface area contributed by atoms with Crippen molar-refractivity contribution in [1.29, 1.82) is 0 Å². The summed E-state index contributed by atoms with van der Waals surface area (Å²) in [7, 11) is 0. The van der Waals surface area contributed by atoms with Gasteiger partial charge < -0.3 is 10.8 Å². The van der Waals surface area contributed by atoms with E-state index in [2.05, 4.69) is 17.0 Å². The summed E-state index contributed by atoms with van der Waals surface area (Å²) >= 11 is 0. The lowest BCUT2D eigenvalue weighted by Crippen LogP contribution is -2.45. The maximum atomic E-state index is 10.4. The number of nitrogens with zero attached hydrogens (tertiary/aromatic N) is 1. The zero-order valence-corrected chi connectivity index (χ0v) is 11.8. The third kappa shape index (κ3) is 4.77. The van der Waals surface area contributed by atoms with Gasteiger partial charge in [0, 0.05) is 26.2 Å². The van der Waals surface area contributed by atoms with Crippen molar-refractivity contribution in [2.75, 3.05) is 19.6 Å². The molecule has 1 unspecified atom stereocenters. The Labute approximate surface area is 111 Å². The van der Waals surface area contributed by atoms with Crippen LogP contribution in [0.5, 0.6) is 0 Å². The van der Waals surface area contributed by atoms with Gasteiger partial charge in [0.25, 0.3) is 0 Å². The summed E-state index contributed by atoms with van der Waals surface area (Å²) in [6.45, 7) is 8.88. The van der Waals surface area contributed by atoms with Crippen LogP contribution in [0.1, 0.15) is 26.3 Å². The zero-order chi connectivity index (χ0) is 13.6. The first kappa shape index (κ1) is 15.2. The second-order valence-electron chi connectivity index (χ2n) is 5.50. The normalized spacial score (nSPS) is 15.1. The monoisotopic (exact) mass is 250 g/mol. The van der Waals surface area contributed by atoms with Gasteiger partial charge in [-0.25, -0.2) is 0 Å². The van der Waals surface area contributed by atoms with E-state index in [1.165, 1.54) is 5.56 Å². The van der Waals surface area contributed by atoms with Gasteiger partial charge in [-0.1, -0.05) is 44.2 Å². The molecule has 0 aliphatic carbocycles. The summed E-state index contributed by atoms with van der Waals surface area (Å²) in [4.78, 5) is 2.22. The molecule has 102 valence electrons. The Balaban J connectivity index is 2.66. The second kappa shape index (κ2) is 6.88. The maximum Gasteiger partial charge on any atom is 0.0768 e. The van der Waals surface area contributed by atoms with Crippen LogP contribution in [0.3, 0.4) is 0 Å². The van der Waals surface area contributed by atoms with Gasteiger partial charge in [0.05, 0.1) is 5.60 Å². The lowest BCUT2D eigenvalue weighted by molar-refractivity contribution is -0.0201. The second-order valence-corrected chi connectivity index (χ2v) is 5.50. The molecule has 0 saturated heterocycles. The van der Waals surface area contributed by atoms with Gasteiger partial charge in [0.2, 0.25) is 0 Å². The molecule has 0 heterocycles. The minimum absolute atomic E-state index is 0.230. The van der Waals surface area contributed by atoms with Crippen LogP contribution < -0.4 is 5.73 Å². The molecule has 18 heavy (non-hydrogen) atoms. The Morgan fingerprint density at radius 1 is 1.28 bits per heavy atom. The van der Waals surface area contributed by atoms with Crippen molar-refractivity contribution in [3.63, 3.8) is 0 Å². The van der Waals surface area contributed by atoms with E-state index in [0.717, 1.165) is 13.1 Å². The molecule has 1 rings (SSSR count). The van der Waals surface area contributed by atoms with Gasteiger partial charge in [0.1, 0.15) is 0 Å². The first-order chi connectivity index (χ1) is 8.45. The molecule has 0 aromatic heterocycles. The van der Waals surface area contributed by atoms with Crippen molar-refractivity contribution in [3.8, 4) is 0 Å². The van der Waals surface area contributed by atoms with Crippen LogP contribution in [0, 0.1) is 5.92 Å². The molecule has 0 aliphatic rings. The Kier molecular flexibility index (Phi) is 5.79. The molecule has 0 fully saturated rings. The molecule has 0 radical (unpaired) electrons. The number of nitrogens with two attached hydrogens (primary N) is 1. The predicted molar refractivity (Wildman–Crippen MR) is 76.2 cm³/mol. The highest BCUT2D eigenvalue weighted by molar-refractivity contribution is 5.14. The van der Waals surface area contributed by atoms with E-state index < -0.39 is 5.60 Å². The van der Waals surface area contributed by atoms with Gasteiger partial charge in [-0.15, -0.1) is 0 Å². The van der Waals surface area contributed by atoms with Gasteiger partial charge in [0.15, 0.2) is 0 Å². The smallest absolute Gasteiger partial charge is 0.0768 e. The molecular weight excluding hydrogens is 224 g/mol. The third-order valence-corrected chi connectivity index (χ3v) is 3.48. The molecular formula is C15H26N2O. The zero-order valence-electron chi connectivity index (χ0n) is 11.8. The first-order valence-corrected chi connectivity index (χ1v) is 6.64. The molecule has 1 atom stereocenters. The van der Waals surface area contributed by atoms with Gasteiger partial charge in [-0.05, 0) is 18.4 Å². The number of aliphatic hydroxyl groups is 1. The fraction of sp³-hybridized carbons (Fsp3) is 0.600. The molecule has 1 aromatic rings.